The second-order valence-electron chi connectivity index (χ2n) is 13.1. The average Bonchev–Trinajstić information content (AvgIpc) is 3.25. The maximum absolute atomic E-state index is 13.1. The number of aliphatic carboxylic acids is 2. The molecule has 0 aromatic heterocycles. The Balaban J connectivity index is 1.97. The summed E-state index contributed by atoms with van der Waals surface area (Å²) in [7, 11) is 0. The molecule has 2 aliphatic heterocycles. The van der Waals surface area contributed by atoms with E-state index in [0.717, 1.165) is 24.5 Å². The van der Waals surface area contributed by atoms with Crippen molar-refractivity contribution in [1.29, 1.82) is 0 Å². The van der Waals surface area contributed by atoms with Gasteiger partial charge in [-0.3, -0.25) is 4.79 Å². The third kappa shape index (κ3) is 7.65. The minimum absolute atomic E-state index is 0.0578. The van der Waals surface area contributed by atoms with Gasteiger partial charge >= 0.3 is 23.9 Å². The zero-order valence-corrected chi connectivity index (χ0v) is 28.2. The molecule has 1 aromatic rings. The number of carbonyl (C=O) groups excluding carboxylic acids is 2. The van der Waals surface area contributed by atoms with Crippen molar-refractivity contribution >= 4 is 23.9 Å². The second kappa shape index (κ2) is 15.7. The first-order valence-corrected chi connectivity index (χ1v) is 16.2. The molecule has 6 N–H and O–H groups in total. The number of carbonyl (C=O) groups is 4. The highest BCUT2D eigenvalue weighted by Crippen LogP contribution is 2.55. The fraction of sp³-hybridized carbons (Fsp3) is 0.600. The van der Waals surface area contributed by atoms with Gasteiger partial charge in [0.25, 0.3) is 0 Å². The van der Waals surface area contributed by atoms with E-state index in [2.05, 4.69) is 13.5 Å². The van der Waals surface area contributed by atoms with Crippen molar-refractivity contribution < 1.29 is 58.6 Å². The monoisotopic (exact) mass is 675 g/mol. The van der Waals surface area contributed by atoms with E-state index in [0.29, 0.717) is 17.9 Å². The highest BCUT2D eigenvalue weighted by molar-refractivity contribution is 5.94. The van der Waals surface area contributed by atoms with Gasteiger partial charge in [-0.15, -0.1) is 0 Å². The molecule has 2 bridgehead atoms. The fourth-order valence-electron chi connectivity index (χ4n) is 6.68. The number of nitrogens with two attached hydrogens (primary N) is 1. The maximum atomic E-state index is 13.1. The fourth-order valence-corrected chi connectivity index (χ4v) is 6.68. The van der Waals surface area contributed by atoms with Gasteiger partial charge in [-0.1, -0.05) is 77.1 Å². The summed E-state index contributed by atoms with van der Waals surface area (Å²) in [5.74, 6) is -8.03. The van der Waals surface area contributed by atoms with E-state index in [-0.39, 0.29) is 24.7 Å². The Morgan fingerprint density at radius 2 is 1.75 bits per heavy atom. The first-order chi connectivity index (χ1) is 22.5. The molecule has 0 aliphatic carbocycles. The van der Waals surface area contributed by atoms with Crippen molar-refractivity contribution in [2.45, 2.75) is 108 Å². The number of carboxylic acid groups (broad SMARTS) is 2. The number of aliphatic hydroxyl groups excluding tert-OH is 1. The lowest BCUT2D eigenvalue weighted by Crippen LogP contribution is -2.77. The number of ether oxygens (including phenoxy) is 4. The highest BCUT2D eigenvalue weighted by Gasteiger charge is 2.84. The van der Waals surface area contributed by atoms with Crippen LogP contribution in [0.1, 0.15) is 65.9 Å². The van der Waals surface area contributed by atoms with Gasteiger partial charge in [-0.2, -0.15) is 0 Å². The molecule has 0 spiro atoms. The molecule has 0 amide bonds. The van der Waals surface area contributed by atoms with Gasteiger partial charge < -0.3 is 45.1 Å². The number of hydrogen-bond donors (Lipinski definition) is 5. The molecule has 266 valence electrons. The van der Waals surface area contributed by atoms with Gasteiger partial charge in [0.15, 0.2) is 6.10 Å². The molecule has 1 aromatic carbocycles. The van der Waals surface area contributed by atoms with Crippen molar-refractivity contribution in [2.75, 3.05) is 6.54 Å². The van der Waals surface area contributed by atoms with Gasteiger partial charge in [0.2, 0.25) is 17.0 Å². The van der Waals surface area contributed by atoms with E-state index >= 15 is 0 Å². The lowest BCUT2D eigenvalue weighted by Gasteiger charge is -2.50. The normalized spacial score (nSPS) is 30.6. The number of fused-ring (bicyclic) bond motifs is 2. The van der Waals surface area contributed by atoms with Crippen LogP contribution >= 0.6 is 0 Å². The van der Waals surface area contributed by atoms with E-state index in [1.807, 2.05) is 51.1 Å². The number of allylic oxidation sites excluding steroid dienone is 1. The van der Waals surface area contributed by atoms with Crippen molar-refractivity contribution in [3.05, 3.63) is 60.2 Å². The van der Waals surface area contributed by atoms with E-state index in [1.54, 1.807) is 6.08 Å². The number of rotatable bonds is 17. The molecule has 13 nitrogen and oxygen atoms in total. The second-order valence-corrected chi connectivity index (χ2v) is 13.1. The third-order valence-corrected chi connectivity index (χ3v) is 9.39. The van der Waals surface area contributed by atoms with Gasteiger partial charge in [0, 0.05) is 31.9 Å². The highest BCUT2D eigenvalue weighted by atomic mass is 16.8. The number of carboxylic acids is 2. The zero-order chi connectivity index (χ0) is 36.0. The Morgan fingerprint density at radius 3 is 2.29 bits per heavy atom. The van der Waals surface area contributed by atoms with Crippen LogP contribution in [0.2, 0.25) is 0 Å². The SMILES string of the molecule is C=C(CC[C@]12O[C@H](CN)[C@@](O)(C(=O)O)[C@](C(=O)O)(O1)[C@H](OC(=O)/C=C/[C@@H](C)C[C@@H](C)CC)[C@H]2O)[C@@H](OC(C)=O)[C@H](C)Cc1ccccc1. The van der Waals surface area contributed by atoms with E-state index in [9.17, 15) is 39.6 Å². The molecular weight excluding hydrogens is 626 g/mol. The van der Waals surface area contributed by atoms with Gasteiger partial charge in [-0.25, -0.2) is 14.4 Å². The summed E-state index contributed by atoms with van der Waals surface area (Å²) < 4.78 is 22.7. The Hall–Kier alpha value is -3.62. The van der Waals surface area contributed by atoms with Crippen molar-refractivity contribution in [1.82, 2.24) is 0 Å². The number of benzene rings is 1. The van der Waals surface area contributed by atoms with Gasteiger partial charge in [0.05, 0.1) is 0 Å². The molecule has 2 fully saturated rings. The quantitative estimate of drug-likeness (QED) is 0.0914. The predicted molar refractivity (Wildman–Crippen MR) is 172 cm³/mol. The van der Waals surface area contributed by atoms with Crippen LogP contribution in [0.25, 0.3) is 0 Å². The first-order valence-electron chi connectivity index (χ1n) is 16.2. The molecule has 2 aliphatic rings. The molecule has 0 unspecified atom stereocenters. The van der Waals surface area contributed by atoms with Crippen LogP contribution in [0.5, 0.6) is 0 Å². The summed E-state index contributed by atoms with van der Waals surface area (Å²) in [6.07, 6.45) is -2.71. The molecule has 2 heterocycles. The van der Waals surface area contributed by atoms with Gasteiger partial charge in [-0.05, 0) is 42.2 Å². The molecule has 10 atom stereocenters. The van der Waals surface area contributed by atoms with Crippen molar-refractivity contribution in [3.8, 4) is 0 Å². The largest absolute Gasteiger partial charge is 0.479 e. The summed E-state index contributed by atoms with van der Waals surface area (Å²) >= 11 is 0. The average molecular weight is 676 g/mol. The standard InChI is InChI=1S/C35H49NO12/c1-7-20(2)17-21(3)13-14-27(38)46-30-29(39)33(47-26(19-36)34(44,31(40)41)35(30,48-33)32(42)43)16-15-22(4)28(45-24(6)37)23(5)18-25-11-9-8-10-12-25/h8-14,20-21,23,26,28-30,39,44H,4,7,15-19,36H2,1-3,5-6H3,(H,40,41)(H,42,43)/b14-13+/t20-,21+,23+,26+,28+,29+,30+,33-,34+,35-/m0/s1. The molecule has 0 radical (unpaired) electrons. The van der Waals surface area contributed by atoms with Crippen LogP contribution in [-0.4, -0.2) is 92.3 Å². The number of hydrogen-bond acceptors (Lipinski definition) is 11. The number of esters is 2. The molecule has 2 saturated heterocycles. The van der Waals surface area contributed by atoms with Crippen molar-refractivity contribution in [2.24, 2.45) is 23.5 Å². The zero-order valence-electron chi connectivity index (χ0n) is 28.2. The van der Waals surface area contributed by atoms with Crippen molar-refractivity contribution in [3.63, 3.8) is 0 Å². The Morgan fingerprint density at radius 1 is 1.10 bits per heavy atom. The van der Waals surface area contributed by atoms with Crippen LogP contribution in [0.4, 0.5) is 0 Å². The minimum Gasteiger partial charge on any atom is -0.479 e. The smallest absolute Gasteiger partial charge is 0.344 e. The van der Waals surface area contributed by atoms with Gasteiger partial charge in [0.1, 0.15) is 18.3 Å². The Bertz CT molecular complexity index is 1370. The topological polar surface area (TPSA) is 212 Å². The van der Waals surface area contributed by atoms with E-state index in [4.69, 9.17) is 24.7 Å². The van der Waals surface area contributed by atoms with Crippen LogP contribution < -0.4 is 5.73 Å². The molecule has 0 saturated carbocycles. The molecule has 3 rings (SSSR count). The number of aliphatic hydroxyl groups is 2. The first kappa shape index (κ1) is 38.8. The molecule has 13 heteroatoms. The lowest BCUT2D eigenvalue weighted by atomic mass is 9.74. The summed E-state index contributed by atoms with van der Waals surface area (Å²) in [5.41, 5.74) is 0.533. The van der Waals surface area contributed by atoms with E-state index in [1.165, 1.54) is 6.92 Å². The van der Waals surface area contributed by atoms with Crippen LogP contribution in [0, 0.1) is 17.8 Å². The van der Waals surface area contributed by atoms with Crippen LogP contribution in [0.15, 0.2) is 54.6 Å². The lowest BCUT2D eigenvalue weighted by molar-refractivity contribution is -0.377. The Labute approximate surface area is 280 Å². The predicted octanol–water partition coefficient (Wildman–Crippen LogP) is 2.76. The summed E-state index contributed by atoms with van der Waals surface area (Å²) in [6.45, 7) is 12.5. The summed E-state index contributed by atoms with van der Waals surface area (Å²) in [4.78, 5) is 50.7. The summed E-state index contributed by atoms with van der Waals surface area (Å²) in [6, 6.07) is 9.48. The summed E-state index contributed by atoms with van der Waals surface area (Å²) in [5, 5.41) is 43.9. The molecule has 48 heavy (non-hydrogen) atoms. The minimum atomic E-state index is -3.39. The maximum Gasteiger partial charge on any atom is 0.344 e. The van der Waals surface area contributed by atoms with Crippen LogP contribution in [-0.2, 0) is 44.5 Å². The Kier molecular flexibility index (Phi) is 12.7. The van der Waals surface area contributed by atoms with E-state index < -0.39 is 71.8 Å². The molecular formula is C35H49NO12. The third-order valence-electron chi connectivity index (χ3n) is 9.39. The van der Waals surface area contributed by atoms with Crippen LogP contribution in [0.3, 0.4) is 0 Å².